The van der Waals surface area contributed by atoms with Gasteiger partial charge in [-0.15, -0.1) is 0 Å². The molecule has 0 aromatic heterocycles. The van der Waals surface area contributed by atoms with E-state index < -0.39 is 5.97 Å². The monoisotopic (exact) mass is 237 g/mol. The third-order valence-corrected chi connectivity index (χ3v) is 2.45. The van der Waals surface area contributed by atoms with Crippen LogP contribution < -0.4 is 5.73 Å². The van der Waals surface area contributed by atoms with Gasteiger partial charge < -0.3 is 10.8 Å². The summed E-state index contributed by atoms with van der Waals surface area (Å²) < 4.78 is 0. The minimum atomic E-state index is -1.05. The van der Waals surface area contributed by atoms with E-state index in [0.717, 1.165) is 5.56 Å². The molecule has 0 saturated carbocycles. The first-order valence-corrected chi connectivity index (χ1v) is 5.37. The van der Waals surface area contributed by atoms with Crippen molar-refractivity contribution in [3.05, 3.63) is 65.2 Å². The highest BCUT2D eigenvalue weighted by Gasteiger charge is 2.09. The summed E-state index contributed by atoms with van der Waals surface area (Å²) in [6, 6.07) is 14.2. The second-order valence-corrected chi connectivity index (χ2v) is 3.69. The first kappa shape index (κ1) is 11.7. The largest absolute Gasteiger partial charge is 0.478 e. The van der Waals surface area contributed by atoms with Crippen LogP contribution in [0.4, 0.5) is 5.69 Å². The topological polar surface area (TPSA) is 63.3 Å². The molecular weight excluding hydrogens is 226 g/mol. The lowest BCUT2D eigenvalue weighted by Gasteiger charge is -2.02. The number of hydrogen-bond acceptors (Lipinski definition) is 2. The Hall–Kier alpha value is -2.73. The molecule has 0 aliphatic rings. The summed E-state index contributed by atoms with van der Waals surface area (Å²) in [5.41, 5.74) is 7.43. The van der Waals surface area contributed by atoms with E-state index in [2.05, 4.69) is 11.8 Å². The number of carboxylic acids is 1. The molecule has 0 aliphatic heterocycles. The van der Waals surface area contributed by atoms with E-state index in [-0.39, 0.29) is 11.3 Å². The number of nitrogen functional groups attached to an aromatic ring is 1. The van der Waals surface area contributed by atoms with Crippen LogP contribution in [0.15, 0.2) is 48.5 Å². The fraction of sp³-hybridized carbons (Fsp3) is 0. The van der Waals surface area contributed by atoms with Gasteiger partial charge in [0.05, 0.1) is 11.3 Å². The van der Waals surface area contributed by atoms with Crippen molar-refractivity contribution >= 4 is 11.7 Å². The van der Waals surface area contributed by atoms with Crippen LogP contribution in [0, 0.1) is 11.8 Å². The molecule has 0 spiro atoms. The molecule has 0 bridgehead atoms. The van der Waals surface area contributed by atoms with Gasteiger partial charge in [-0.3, -0.25) is 0 Å². The third kappa shape index (κ3) is 2.50. The Kier molecular flexibility index (Phi) is 3.31. The molecule has 0 radical (unpaired) electrons. The maximum absolute atomic E-state index is 10.9. The van der Waals surface area contributed by atoms with Crippen LogP contribution in [0.2, 0.25) is 0 Å². The Morgan fingerprint density at radius 1 is 1.00 bits per heavy atom. The van der Waals surface area contributed by atoms with Gasteiger partial charge in [0.15, 0.2) is 0 Å². The molecule has 0 saturated heterocycles. The molecule has 0 unspecified atom stereocenters. The Labute approximate surface area is 105 Å². The van der Waals surface area contributed by atoms with Gasteiger partial charge in [0.1, 0.15) is 0 Å². The van der Waals surface area contributed by atoms with Crippen molar-refractivity contribution in [1.82, 2.24) is 0 Å². The number of para-hydroxylation sites is 1. The lowest BCUT2D eigenvalue weighted by molar-refractivity contribution is 0.0698. The van der Waals surface area contributed by atoms with Crippen LogP contribution in [0.5, 0.6) is 0 Å². The molecular formula is C15H11NO2. The number of nitrogens with two attached hydrogens (primary N) is 1. The van der Waals surface area contributed by atoms with E-state index in [0.29, 0.717) is 5.56 Å². The van der Waals surface area contributed by atoms with E-state index >= 15 is 0 Å². The van der Waals surface area contributed by atoms with E-state index in [1.807, 2.05) is 30.3 Å². The standard InChI is InChI=1S/C15H11NO2/c16-14-12(7-4-8-13(14)15(17)18)10-9-11-5-2-1-3-6-11/h1-8H,16H2,(H,17,18). The molecule has 3 N–H and O–H groups in total. The zero-order valence-corrected chi connectivity index (χ0v) is 9.55. The highest BCUT2D eigenvalue weighted by atomic mass is 16.4. The summed E-state index contributed by atoms with van der Waals surface area (Å²) in [6.45, 7) is 0. The molecule has 0 amide bonds. The molecule has 2 aromatic carbocycles. The first-order valence-electron chi connectivity index (χ1n) is 5.37. The molecule has 0 atom stereocenters. The highest BCUT2D eigenvalue weighted by molar-refractivity contribution is 5.95. The van der Waals surface area contributed by atoms with Crippen LogP contribution in [0.3, 0.4) is 0 Å². The lowest BCUT2D eigenvalue weighted by atomic mass is 10.1. The van der Waals surface area contributed by atoms with Gasteiger partial charge in [-0.05, 0) is 24.3 Å². The van der Waals surface area contributed by atoms with Crippen LogP contribution >= 0.6 is 0 Å². The van der Waals surface area contributed by atoms with E-state index in [1.165, 1.54) is 6.07 Å². The zero-order valence-electron chi connectivity index (χ0n) is 9.55. The Balaban J connectivity index is 2.39. The summed E-state index contributed by atoms with van der Waals surface area (Å²) >= 11 is 0. The first-order chi connectivity index (χ1) is 8.68. The quantitative estimate of drug-likeness (QED) is 0.591. The maximum atomic E-state index is 10.9. The lowest BCUT2D eigenvalue weighted by Crippen LogP contribution is -2.03. The van der Waals surface area contributed by atoms with Crippen molar-refractivity contribution in [3.8, 4) is 11.8 Å². The van der Waals surface area contributed by atoms with Crippen LogP contribution in [-0.2, 0) is 0 Å². The second-order valence-electron chi connectivity index (χ2n) is 3.69. The highest BCUT2D eigenvalue weighted by Crippen LogP contribution is 2.16. The predicted molar refractivity (Wildman–Crippen MR) is 70.2 cm³/mol. The molecule has 0 fully saturated rings. The fourth-order valence-corrected chi connectivity index (χ4v) is 1.52. The number of benzene rings is 2. The fourth-order valence-electron chi connectivity index (χ4n) is 1.52. The van der Waals surface area contributed by atoms with Gasteiger partial charge in [0, 0.05) is 11.1 Å². The van der Waals surface area contributed by atoms with Crippen molar-refractivity contribution in [1.29, 1.82) is 0 Å². The third-order valence-electron chi connectivity index (χ3n) is 2.45. The SMILES string of the molecule is Nc1c(C#Cc2ccccc2)cccc1C(=O)O. The van der Waals surface area contributed by atoms with Gasteiger partial charge in [0.25, 0.3) is 0 Å². The second kappa shape index (κ2) is 5.07. The molecule has 3 heteroatoms. The number of anilines is 1. The summed E-state index contributed by atoms with van der Waals surface area (Å²) in [4.78, 5) is 10.9. The van der Waals surface area contributed by atoms with Crippen LogP contribution in [-0.4, -0.2) is 11.1 Å². The smallest absolute Gasteiger partial charge is 0.337 e. The van der Waals surface area contributed by atoms with Gasteiger partial charge in [0.2, 0.25) is 0 Å². The summed E-state index contributed by atoms with van der Waals surface area (Å²) in [5.74, 6) is 4.79. The van der Waals surface area contributed by atoms with E-state index in [1.54, 1.807) is 12.1 Å². The average molecular weight is 237 g/mol. The summed E-state index contributed by atoms with van der Waals surface area (Å²) in [6.07, 6.45) is 0. The average Bonchev–Trinajstić information content (AvgIpc) is 2.38. The van der Waals surface area contributed by atoms with Crippen LogP contribution in [0.25, 0.3) is 0 Å². The van der Waals surface area contributed by atoms with Gasteiger partial charge in [-0.2, -0.15) is 0 Å². The van der Waals surface area contributed by atoms with Crippen molar-refractivity contribution in [3.63, 3.8) is 0 Å². The molecule has 0 heterocycles. The molecule has 2 rings (SSSR count). The van der Waals surface area contributed by atoms with Crippen LogP contribution in [0.1, 0.15) is 21.5 Å². The molecule has 3 nitrogen and oxygen atoms in total. The Morgan fingerprint density at radius 2 is 1.72 bits per heavy atom. The van der Waals surface area contributed by atoms with Gasteiger partial charge >= 0.3 is 5.97 Å². The molecule has 2 aromatic rings. The van der Waals surface area contributed by atoms with Crippen molar-refractivity contribution in [2.24, 2.45) is 0 Å². The van der Waals surface area contributed by atoms with Crippen molar-refractivity contribution in [2.45, 2.75) is 0 Å². The number of aromatic carboxylic acids is 1. The zero-order chi connectivity index (χ0) is 13.0. The molecule has 88 valence electrons. The number of carboxylic acid groups (broad SMARTS) is 1. The van der Waals surface area contributed by atoms with Gasteiger partial charge in [-0.1, -0.05) is 36.1 Å². The normalized spacial score (nSPS) is 9.33. The Morgan fingerprint density at radius 3 is 2.39 bits per heavy atom. The van der Waals surface area contributed by atoms with Crippen molar-refractivity contribution in [2.75, 3.05) is 5.73 Å². The van der Waals surface area contributed by atoms with E-state index in [9.17, 15) is 4.79 Å². The summed E-state index contributed by atoms with van der Waals surface area (Å²) in [5, 5.41) is 8.95. The predicted octanol–water partition coefficient (Wildman–Crippen LogP) is 2.37. The Bertz CT molecular complexity index is 637. The van der Waals surface area contributed by atoms with E-state index in [4.69, 9.17) is 10.8 Å². The number of hydrogen-bond donors (Lipinski definition) is 2. The summed E-state index contributed by atoms with van der Waals surface area (Å²) in [7, 11) is 0. The molecule has 0 aliphatic carbocycles. The minimum absolute atomic E-state index is 0.0786. The number of rotatable bonds is 1. The molecule has 18 heavy (non-hydrogen) atoms. The number of carbonyl (C=O) groups is 1. The van der Waals surface area contributed by atoms with Crippen molar-refractivity contribution < 1.29 is 9.90 Å². The van der Waals surface area contributed by atoms with Gasteiger partial charge in [-0.25, -0.2) is 4.79 Å². The minimum Gasteiger partial charge on any atom is -0.478 e. The maximum Gasteiger partial charge on any atom is 0.337 e.